The Labute approximate surface area is 104 Å². The Morgan fingerprint density at radius 2 is 1.88 bits per heavy atom. The Hall–Kier alpha value is -0.243. The summed E-state index contributed by atoms with van der Waals surface area (Å²) in [5.41, 5.74) is 1.90. The van der Waals surface area contributed by atoms with Crippen molar-refractivity contribution in [3.05, 3.63) is 11.8 Å². The van der Waals surface area contributed by atoms with Crippen molar-refractivity contribution in [2.24, 2.45) is 0 Å². The van der Waals surface area contributed by atoms with Crippen LogP contribution in [0, 0.1) is 0 Å². The van der Waals surface area contributed by atoms with Crippen LogP contribution in [0.3, 0.4) is 0 Å². The van der Waals surface area contributed by atoms with Crippen LogP contribution in [0.25, 0.3) is 0 Å². The maximum Gasteiger partial charge on any atom is 0.528 e. The number of unbranched alkanes of at least 4 members (excludes halogenated alkanes) is 1. The smallest absolute Gasteiger partial charge is 0.379 e. The Morgan fingerprint density at radius 1 is 1.24 bits per heavy atom. The molecule has 0 aromatic carbocycles. The molecule has 5 nitrogen and oxygen atoms in total. The molecule has 0 aromatic rings. The van der Waals surface area contributed by atoms with Crippen molar-refractivity contribution in [1.29, 1.82) is 0 Å². The lowest BCUT2D eigenvalue weighted by Gasteiger charge is -2.20. The van der Waals surface area contributed by atoms with Gasteiger partial charge < -0.3 is 22.8 Å². The molecule has 0 N–H and O–H groups in total. The average Bonchev–Trinajstić information content (AvgIpc) is 3.18. The standard InChI is InChI=1S/C11H22O5Si/c1-12-17(13-2,14-3)8-6-4-5-7-15-9-11-10-16-11/h6,8,11H,4-5,7,9-10H2,1-3H3. The van der Waals surface area contributed by atoms with E-state index in [1.807, 2.05) is 11.8 Å². The van der Waals surface area contributed by atoms with Crippen LogP contribution in [0.2, 0.25) is 0 Å². The average molecular weight is 262 g/mol. The predicted octanol–water partition coefficient (Wildman–Crippen LogP) is 1.16. The molecule has 0 radical (unpaired) electrons. The monoisotopic (exact) mass is 262 g/mol. The summed E-state index contributed by atoms with van der Waals surface area (Å²) in [6.07, 6.45) is 4.28. The van der Waals surface area contributed by atoms with Crippen LogP contribution >= 0.6 is 0 Å². The summed E-state index contributed by atoms with van der Waals surface area (Å²) < 4.78 is 26.3. The molecule has 1 saturated heterocycles. The molecule has 1 fully saturated rings. The van der Waals surface area contributed by atoms with Gasteiger partial charge in [0.2, 0.25) is 0 Å². The summed E-state index contributed by atoms with van der Waals surface area (Å²) >= 11 is 0. The third-order valence-electron chi connectivity index (χ3n) is 2.54. The molecule has 100 valence electrons. The van der Waals surface area contributed by atoms with Gasteiger partial charge in [-0.05, 0) is 18.5 Å². The number of hydrogen-bond acceptors (Lipinski definition) is 5. The van der Waals surface area contributed by atoms with Crippen LogP contribution in [0.15, 0.2) is 11.8 Å². The Kier molecular flexibility index (Phi) is 6.94. The minimum absolute atomic E-state index is 0.348. The third-order valence-corrected chi connectivity index (χ3v) is 4.89. The quantitative estimate of drug-likeness (QED) is 0.336. The Balaban J connectivity index is 2.05. The van der Waals surface area contributed by atoms with Gasteiger partial charge in [-0.3, -0.25) is 0 Å². The molecular formula is C11H22O5Si. The second kappa shape index (κ2) is 7.96. The van der Waals surface area contributed by atoms with Gasteiger partial charge in [0.25, 0.3) is 0 Å². The van der Waals surface area contributed by atoms with Crippen molar-refractivity contribution in [3.8, 4) is 0 Å². The number of allylic oxidation sites excluding steroid dienone is 1. The van der Waals surface area contributed by atoms with Crippen LogP contribution < -0.4 is 0 Å². The summed E-state index contributed by atoms with van der Waals surface area (Å²) in [6.45, 7) is 2.33. The van der Waals surface area contributed by atoms with Gasteiger partial charge in [0.1, 0.15) is 6.10 Å². The van der Waals surface area contributed by atoms with E-state index in [9.17, 15) is 0 Å². The molecule has 0 saturated carbocycles. The first-order valence-corrected chi connectivity index (χ1v) is 7.59. The van der Waals surface area contributed by atoms with E-state index in [2.05, 4.69) is 0 Å². The SMILES string of the molecule is CO[Si](C=CCCCOCC1CO1)(OC)OC. The minimum atomic E-state index is -2.54. The van der Waals surface area contributed by atoms with Gasteiger partial charge in [-0.15, -0.1) is 0 Å². The van der Waals surface area contributed by atoms with Crippen LogP contribution in [0.5, 0.6) is 0 Å². The van der Waals surface area contributed by atoms with Crippen LogP contribution in [-0.2, 0) is 22.8 Å². The summed E-state index contributed by atoms with van der Waals surface area (Å²) in [5, 5.41) is 0. The molecule has 0 bridgehead atoms. The lowest BCUT2D eigenvalue weighted by molar-refractivity contribution is 0.115. The number of rotatable bonds is 10. The first-order valence-electron chi connectivity index (χ1n) is 5.79. The molecule has 1 aliphatic heterocycles. The zero-order valence-electron chi connectivity index (χ0n) is 10.8. The second-order valence-electron chi connectivity index (χ2n) is 3.79. The van der Waals surface area contributed by atoms with Crippen LogP contribution in [-0.4, -0.2) is 56.1 Å². The first-order chi connectivity index (χ1) is 8.26. The molecule has 0 aliphatic carbocycles. The molecule has 1 rings (SSSR count). The van der Waals surface area contributed by atoms with E-state index in [4.69, 9.17) is 22.8 Å². The van der Waals surface area contributed by atoms with Gasteiger partial charge in [0, 0.05) is 27.9 Å². The summed E-state index contributed by atoms with van der Waals surface area (Å²) in [4.78, 5) is 0. The van der Waals surface area contributed by atoms with Crippen molar-refractivity contribution >= 4 is 8.80 Å². The van der Waals surface area contributed by atoms with E-state index in [-0.39, 0.29) is 0 Å². The molecule has 17 heavy (non-hydrogen) atoms. The highest BCUT2D eigenvalue weighted by Gasteiger charge is 2.34. The largest absolute Gasteiger partial charge is 0.528 e. The molecule has 0 aromatic heterocycles. The van der Waals surface area contributed by atoms with E-state index in [0.29, 0.717) is 6.10 Å². The number of ether oxygens (including phenoxy) is 2. The second-order valence-corrected chi connectivity index (χ2v) is 6.56. The summed E-state index contributed by atoms with van der Waals surface area (Å²) in [6, 6.07) is 0. The van der Waals surface area contributed by atoms with Gasteiger partial charge in [0.05, 0.1) is 13.2 Å². The van der Waals surface area contributed by atoms with Gasteiger partial charge in [0.15, 0.2) is 0 Å². The maximum atomic E-state index is 5.43. The van der Waals surface area contributed by atoms with E-state index >= 15 is 0 Å². The maximum absolute atomic E-state index is 5.43. The van der Waals surface area contributed by atoms with Gasteiger partial charge in [-0.25, -0.2) is 0 Å². The lowest BCUT2D eigenvalue weighted by Crippen LogP contribution is -2.40. The van der Waals surface area contributed by atoms with E-state index in [1.165, 1.54) is 0 Å². The van der Waals surface area contributed by atoms with Crippen molar-refractivity contribution in [1.82, 2.24) is 0 Å². The van der Waals surface area contributed by atoms with E-state index in [1.54, 1.807) is 21.3 Å². The Morgan fingerprint density at radius 3 is 2.41 bits per heavy atom. The van der Waals surface area contributed by atoms with Crippen molar-refractivity contribution in [2.45, 2.75) is 18.9 Å². The fraction of sp³-hybridized carbons (Fsp3) is 0.818. The van der Waals surface area contributed by atoms with Crippen LogP contribution in [0.1, 0.15) is 12.8 Å². The fourth-order valence-electron chi connectivity index (χ4n) is 1.36. The van der Waals surface area contributed by atoms with Crippen molar-refractivity contribution < 1.29 is 22.8 Å². The van der Waals surface area contributed by atoms with Gasteiger partial charge >= 0.3 is 8.80 Å². The molecule has 1 atom stereocenters. The third kappa shape index (κ3) is 5.76. The first kappa shape index (κ1) is 14.8. The lowest BCUT2D eigenvalue weighted by atomic mass is 10.3. The molecule has 1 heterocycles. The fourth-order valence-corrected chi connectivity index (χ4v) is 2.73. The summed E-state index contributed by atoms with van der Waals surface area (Å²) in [7, 11) is 2.26. The van der Waals surface area contributed by atoms with Gasteiger partial charge in [-0.1, -0.05) is 6.08 Å². The normalized spacial score (nSPS) is 20.1. The van der Waals surface area contributed by atoms with Crippen molar-refractivity contribution in [2.75, 3.05) is 41.2 Å². The molecule has 1 aliphatic rings. The molecule has 1 unspecified atom stereocenters. The molecule has 0 amide bonds. The van der Waals surface area contributed by atoms with Crippen molar-refractivity contribution in [3.63, 3.8) is 0 Å². The zero-order valence-corrected chi connectivity index (χ0v) is 11.8. The molecular weight excluding hydrogens is 240 g/mol. The molecule has 6 heteroatoms. The molecule has 0 spiro atoms. The highest BCUT2D eigenvalue weighted by molar-refractivity contribution is 6.66. The topological polar surface area (TPSA) is 49.5 Å². The predicted molar refractivity (Wildman–Crippen MR) is 65.7 cm³/mol. The van der Waals surface area contributed by atoms with E-state index in [0.717, 1.165) is 32.7 Å². The zero-order chi connectivity index (χ0) is 12.6. The highest BCUT2D eigenvalue weighted by atomic mass is 28.4. The number of epoxide rings is 1. The van der Waals surface area contributed by atoms with E-state index < -0.39 is 8.80 Å². The Bertz CT molecular complexity index is 218. The highest BCUT2D eigenvalue weighted by Crippen LogP contribution is 2.10. The van der Waals surface area contributed by atoms with Gasteiger partial charge in [-0.2, -0.15) is 0 Å². The summed E-state index contributed by atoms with van der Waals surface area (Å²) in [5.74, 6) is 0. The minimum Gasteiger partial charge on any atom is -0.379 e. The van der Waals surface area contributed by atoms with Crippen LogP contribution in [0.4, 0.5) is 0 Å². The number of hydrogen-bond donors (Lipinski definition) is 0.